The molecule has 0 aliphatic rings. The minimum atomic E-state index is 0.269. The SMILES string of the molecule is CCCOc1ccc(-c2nc3ccc(Cl)cn3c2CC#N)cc1. The summed E-state index contributed by atoms with van der Waals surface area (Å²) in [5.74, 6) is 0.837. The molecular weight excluding hydrogens is 310 g/mol. The summed E-state index contributed by atoms with van der Waals surface area (Å²) in [5.41, 5.74) is 3.38. The van der Waals surface area contributed by atoms with Gasteiger partial charge in [-0.3, -0.25) is 0 Å². The molecule has 3 aromatic rings. The summed E-state index contributed by atoms with van der Waals surface area (Å²) in [4.78, 5) is 4.65. The Hall–Kier alpha value is -2.51. The molecule has 0 atom stereocenters. The molecule has 2 aromatic heterocycles. The summed E-state index contributed by atoms with van der Waals surface area (Å²) < 4.78 is 7.48. The van der Waals surface area contributed by atoms with Crippen molar-refractivity contribution in [2.45, 2.75) is 19.8 Å². The van der Waals surface area contributed by atoms with Gasteiger partial charge in [0.1, 0.15) is 11.4 Å². The third kappa shape index (κ3) is 3.15. The molecule has 0 aliphatic carbocycles. The molecule has 23 heavy (non-hydrogen) atoms. The van der Waals surface area contributed by atoms with Crippen LogP contribution in [0.2, 0.25) is 5.02 Å². The molecule has 0 unspecified atom stereocenters. The minimum absolute atomic E-state index is 0.269. The second-order valence-corrected chi connectivity index (χ2v) is 5.63. The van der Waals surface area contributed by atoms with Gasteiger partial charge in [0.15, 0.2) is 0 Å². The lowest BCUT2D eigenvalue weighted by atomic mass is 10.1. The van der Waals surface area contributed by atoms with Crippen molar-refractivity contribution in [3.05, 3.63) is 53.3 Å². The van der Waals surface area contributed by atoms with E-state index in [0.717, 1.165) is 34.8 Å². The maximum absolute atomic E-state index is 9.14. The van der Waals surface area contributed by atoms with Crippen LogP contribution < -0.4 is 4.74 Å². The second-order valence-electron chi connectivity index (χ2n) is 5.19. The number of nitrogens with zero attached hydrogens (tertiary/aromatic N) is 3. The molecule has 0 N–H and O–H groups in total. The van der Waals surface area contributed by atoms with Crippen molar-refractivity contribution in [1.29, 1.82) is 5.26 Å². The van der Waals surface area contributed by atoms with E-state index in [4.69, 9.17) is 21.6 Å². The standard InChI is InChI=1S/C18H16ClN3O/c1-2-11-23-15-6-3-13(4-7-15)18-16(9-10-20)22-12-14(19)5-8-17(22)21-18/h3-8,12H,2,9,11H2,1H3. The third-order valence-electron chi connectivity index (χ3n) is 3.53. The Morgan fingerprint density at radius 2 is 2.00 bits per heavy atom. The van der Waals surface area contributed by atoms with Crippen molar-refractivity contribution in [2.24, 2.45) is 0 Å². The fourth-order valence-corrected chi connectivity index (χ4v) is 2.63. The van der Waals surface area contributed by atoms with Gasteiger partial charge in [-0.1, -0.05) is 18.5 Å². The monoisotopic (exact) mass is 325 g/mol. The number of hydrogen-bond donors (Lipinski definition) is 0. The number of aromatic nitrogens is 2. The van der Waals surface area contributed by atoms with Crippen molar-refractivity contribution >= 4 is 17.2 Å². The van der Waals surface area contributed by atoms with Gasteiger partial charge >= 0.3 is 0 Å². The molecule has 0 spiro atoms. The van der Waals surface area contributed by atoms with Gasteiger partial charge in [0, 0.05) is 11.8 Å². The van der Waals surface area contributed by atoms with Crippen LogP contribution in [0.1, 0.15) is 19.0 Å². The topological polar surface area (TPSA) is 50.3 Å². The summed E-state index contributed by atoms with van der Waals surface area (Å²) >= 11 is 6.07. The second kappa shape index (κ2) is 6.72. The van der Waals surface area contributed by atoms with Crippen LogP contribution in [0.25, 0.3) is 16.9 Å². The molecule has 116 valence electrons. The van der Waals surface area contributed by atoms with Crippen LogP contribution in [0.5, 0.6) is 5.75 Å². The van der Waals surface area contributed by atoms with E-state index in [1.807, 2.05) is 34.7 Å². The van der Waals surface area contributed by atoms with Crippen LogP contribution in [0.3, 0.4) is 0 Å². The molecule has 0 fully saturated rings. The van der Waals surface area contributed by atoms with Crippen LogP contribution in [-0.4, -0.2) is 16.0 Å². The first kappa shape index (κ1) is 15.4. The number of pyridine rings is 1. The minimum Gasteiger partial charge on any atom is -0.494 e. The predicted molar refractivity (Wildman–Crippen MR) is 90.7 cm³/mol. The molecular formula is C18H16ClN3O. The van der Waals surface area contributed by atoms with E-state index in [1.54, 1.807) is 12.3 Å². The molecule has 2 heterocycles. The van der Waals surface area contributed by atoms with Crippen molar-refractivity contribution in [3.8, 4) is 23.1 Å². The average molecular weight is 326 g/mol. The van der Waals surface area contributed by atoms with Gasteiger partial charge in [-0.25, -0.2) is 4.98 Å². The van der Waals surface area contributed by atoms with Crippen LogP contribution in [-0.2, 0) is 6.42 Å². The molecule has 1 aromatic carbocycles. The summed E-state index contributed by atoms with van der Waals surface area (Å²) in [6.07, 6.45) is 3.03. The highest BCUT2D eigenvalue weighted by Gasteiger charge is 2.14. The maximum atomic E-state index is 9.14. The first-order valence-corrected chi connectivity index (χ1v) is 7.87. The van der Waals surface area contributed by atoms with E-state index in [1.165, 1.54) is 0 Å². The Morgan fingerprint density at radius 1 is 1.22 bits per heavy atom. The lowest BCUT2D eigenvalue weighted by Crippen LogP contribution is -1.95. The Kier molecular flexibility index (Phi) is 4.50. The molecule has 0 amide bonds. The van der Waals surface area contributed by atoms with Crippen LogP contribution in [0.4, 0.5) is 0 Å². The van der Waals surface area contributed by atoms with E-state index in [2.05, 4.69) is 18.0 Å². The fraction of sp³-hybridized carbons (Fsp3) is 0.222. The van der Waals surface area contributed by atoms with Crippen LogP contribution >= 0.6 is 11.6 Å². The van der Waals surface area contributed by atoms with E-state index in [-0.39, 0.29) is 6.42 Å². The van der Waals surface area contributed by atoms with Crippen LogP contribution in [0.15, 0.2) is 42.6 Å². The number of imidazole rings is 1. The number of nitriles is 1. The summed E-state index contributed by atoms with van der Waals surface area (Å²) in [6.45, 7) is 2.77. The number of rotatable bonds is 5. The zero-order valence-electron chi connectivity index (χ0n) is 12.8. The van der Waals surface area contributed by atoms with Crippen molar-refractivity contribution in [2.75, 3.05) is 6.61 Å². The zero-order chi connectivity index (χ0) is 16.2. The van der Waals surface area contributed by atoms with E-state index in [0.29, 0.717) is 11.6 Å². The number of benzene rings is 1. The van der Waals surface area contributed by atoms with E-state index >= 15 is 0 Å². The lowest BCUT2D eigenvalue weighted by Gasteiger charge is -2.06. The number of ether oxygens (including phenoxy) is 1. The first-order valence-electron chi connectivity index (χ1n) is 7.49. The third-order valence-corrected chi connectivity index (χ3v) is 3.75. The Bertz CT molecular complexity index is 862. The average Bonchev–Trinajstić information content (AvgIpc) is 2.92. The summed E-state index contributed by atoms with van der Waals surface area (Å²) in [7, 11) is 0. The Balaban J connectivity index is 2.04. The Morgan fingerprint density at radius 3 is 2.70 bits per heavy atom. The van der Waals surface area contributed by atoms with Gasteiger partial charge in [-0.2, -0.15) is 5.26 Å². The van der Waals surface area contributed by atoms with Crippen molar-refractivity contribution < 1.29 is 4.74 Å². The van der Waals surface area contributed by atoms with Gasteiger partial charge in [0.25, 0.3) is 0 Å². The molecule has 4 nitrogen and oxygen atoms in total. The molecule has 0 saturated heterocycles. The number of halogens is 1. The largest absolute Gasteiger partial charge is 0.494 e. The highest BCUT2D eigenvalue weighted by atomic mass is 35.5. The highest BCUT2D eigenvalue weighted by molar-refractivity contribution is 6.30. The van der Waals surface area contributed by atoms with Gasteiger partial charge in [0.2, 0.25) is 0 Å². The van der Waals surface area contributed by atoms with Crippen molar-refractivity contribution in [1.82, 2.24) is 9.38 Å². The molecule has 0 bridgehead atoms. The quantitative estimate of drug-likeness (QED) is 0.693. The van der Waals surface area contributed by atoms with Crippen molar-refractivity contribution in [3.63, 3.8) is 0 Å². The van der Waals surface area contributed by atoms with Gasteiger partial charge in [0.05, 0.1) is 35.5 Å². The molecule has 0 aliphatic heterocycles. The lowest BCUT2D eigenvalue weighted by molar-refractivity contribution is 0.317. The molecule has 5 heteroatoms. The summed E-state index contributed by atoms with van der Waals surface area (Å²) in [5, 5.41) is 9.75. The van der Waals surface area contributed by atoms with Gasteiger partial charge in [-0.05, 0) is 42.8 Å². The smallest absolute Gasteiger partial charge is 0.137 e. The van der Waals surface area contributed by atoms with Crippen LogP contribution in [0, 0.1) is 11.3 Å². The van der Waals surface area contributed by atoms with E-state index < -0.39 is 0 Å². The molecule has 0 radical (unpaired) electrons. The fourth-order valence-electron chi connectivity index (χ4n) is 2.47. The van der Waals surface area contributed by atoms with Gasteiger partial charge < -0.3 is 9.14 Å². The number of fused-ring (bicyclic) bond motifs is 1. The molecule has 3 rings (SSSR count). The Labute approximate surface area is 139 Å². The highest BCUT2D eigenvalue weighted by Crippen LogP contribution is 2.27. The van der Waals surface area contributed by atoms with E-state index in [9.17, 15) is 0 Å². The zero-order valence-corrected chi connectivity index (χ0v) is 13.5. The normalized spacial score (nSPS) is 10.7. The van der Waals surface area contributed by atoms with Gasteiger partial charge in [-0.15, -0.1) is 0 Å². The summed E-state index contributed by atoms with van der Waals surface area (Å²) in [6, 6.07) is 13.6. The first-order chi connectivity index (χ1) is 11.2. The predicted octanol–water partition coefficient (Wildman–Crippen LogP) is 4.51. The maximum Gasteiger partial charge on any atom is 0.137 e. The number of hydrogen-bond acceptors (Lipinski definition) is 3. The molecule has 0 saturated carbocycles.